The number of nitrogens with one attached hydrogen (secondary N) is 2. The van der Waals surface area contributed by atoms with Crippen molar-refractivity contribution in [3.63, 3.8) is 0 Å². The Balaban J connectivity index is 1.72. The van der Waals surface area contributed by atoms with Crippen molar-refractivity contribution in [1.29, 1.82) is 0 Å². The number of ether oxygens (including phenoxy) is 1. The van der Waals surface area contributed by atoms with Crippen molar-refractivity contribution in [2.75, 3.05) is 13.2 Å². The summed E-state index contributed by atoms with van der Waals surface area (Å²) < 4.78 is 9.69. The van der Waals surface area contributed by atoms with Crippen molar-refractivity contribution >= 4 is 41.0 Å². The van der Waals surface area contributed by atoms with Crippen LogP contribution in [0.2, 0.25) is 10.0 Å². The fraction of sp³-hybridized carbons (Fsp3) is 0.235. The van der Waals surface area contributed by atoms with E-state index in [1.165, 1.54) is 12.3 Å². The molecule has 0 radical (unpaired) electrons. The van der Waals surface area contributed by atoms with Gasteiger partial charge in [-0.25, -0.2) is 0 Å². The summed E-state index contributed by atoms with van der Waals surface area (Å²) in [6.07, 6.45) is 1.34. The smallest absolute Gasteiger partial charge is 0.325 e. The molecule has 0 aliphatic carbocycles. The summed E-state index contributed by atoms with van der Waals surface area (Å²) in [5.74, 6) is -1.72. The van der Waals surface area contributed by atoms with Gasteiger partial charge in [0.05, 0.1) is 22.4 Å². The van der Waals surface area contributed by atoms with Crippen molar-refractivity contribution in [3.8, 4) is 0 Å². The molecule has 26 heavy (non-hydrogen) atoms. The number of esters is 1. The number of carbonyl (C=O) groups excluding carboxylic acids is 3. The third kappa shape index (κ3) is 5.79. The maximum Gasteiger partial charge on any atom is 0.325 e. The molecular formula is C17H16Cl2N2O5. The molecule has 2 rings (SSSR count). The number of rotatable bonds is 7. The van der Waals surface area contributed by atoms with E-state index in [0.29, 0.717) is 10.0 Å². The van der Waals surface area contributed by atoms with E-state index in [9.17, 15) is 14.4 Å². The second-order valence-electron chi connectivity index (χ2n) is 5.28. The summed E-state index contributed by atoms with van der Waals surface area (Å²) in [4.78, 5) is 35.0. The lowest BCUT2D eigenvalue weighted by Gasteiger charge is -2.15. The molecule has 0 aliphatic heterocycles. The quantitative estimate of drug-likeness (QED) is 0.698. The Morgan fingerprint density at radius 2 is 1.96 bits per heavy atom. The molecule has 0 fully saturated rings. The zero-order valence-corrected chi connectivity index (χ0v) is 15.3. The van der Waals surface area contributed by atoms with E-state index < -0.39 is 24.4 Å². The largest absolute Gasteiger partial charge is 0.459 e. The summed E-state index contributed by atoms with van der Waals surface area (Å²) in [6.45, 7) is 0.902. The Bertz CT molecular complexity index is 792. The molecule has 1 atom stereocenters. The van der Waals surface area contributed by atoms with Gasteiger partial charge in [0.1, 0.15) is 6.54 Å². The Morgan fingerprint density at radius 3 is 2.62 bits per heavy atom. The van der Waals surface area contributed by atoms with Gasteiger partial charge in [-0.2, -0.15) is 0 Å². The second-order valence-corrected chi connectivity index (χ2v) is 6.10. The molecule has 2 aromatic rings. The average Bonchev–Trinajstić information content (AvgIpc) is 3.14. The predicted molar refractivity (Wildman–Crippen MR) is 95.0 cm³/mol. The van der Waals surface area contributed by atoms with Crippen molar-refractivity contribution in [2.24, 2.45) is 0 Å². The Labute approximate surface area is 159 Å². The molecule has 1 aromatic heterocycles. The Kier molecular flexibility index (Phi) is 7.06. The number of hydrogen-bond donors (Lipinski definition) is 2. The first-order valence-electron chi connectivity index (χ1n) is 7.58. The number of carbonyl (C=O) groups is 3. The van der Waals surface area contributed by atoms with Crippen molar-refractivity contribution in [3.05, 3.63) is 58.0 Å². The van der Waals surface area contributed by atoms with Crippen LogP contribution in [-0.4, -0.2) is 30.9 Å². The van der Waals surface area contributed by atoms with Gasteiger partial charge < -0.3 is 19.8 Å². The summed E-state index contributed by atoms with van der Waals surface area (Å²) in [7, 11) is 0. The van der Waals surface area contributed by atoms with Gasteiger partial charge in [0, 0.05) is 0 Å². The highest BCUT2D eigenvalue weighted by Crippen LogP contribution is 2.25. The van der Waals surface area contributed by atoms with E-state index in [0.717, 1.165) is 5.56 Å². The monoisotopic (exact) mass is 398 g/mol. The van der Waals surface area contributed by atoms with Gasteiger partial charge in [0.2, 0.25) is 0 Å². The summed E-state index contributed by atoms with van der Waals surface area (Å²) in [6, 6.07) is 7.66. The second kappa shape index (κ2) is 9.26. The molecule has 0 aliphatic rings. The van der Waals surface area contributed by atoms with Crippen molar-refractivity contribution in [2.45, 2.75) is 13.0 Å². The van der Waals surface area contributed by atoms with Crippen LogP contribution in [0.25, 0.3) is 0 Å². The maximum absolute atomic E-state index is 11.9. The maximum atomic E-state index is 11.9. The molecular weight excluding hydrogens is 383 g/mol. The highest BCUT2D eigenvalue weighted by molar-refractivity contribution is 6.42. The summed E-state index contributed by atoms with van der Waals surface area (Å²) >= 11 is 11.8. The van der Waals surface area contributed by atoms with Crippen LogP contribution in [0.3, 0.4) is 0 Å². The predicted octanol–water partition coefficient (Wildman–Crippen LogP) is 2.74. The summed E-state index contributed by atoms with van der Waals surface area (Å²) in [5.41, 5.74) is 0.754. The Morgan fingerprint density at radius 1 is 1.19 bits per heavy atom. The van der Waals surface area contributed by atoms with Crippen LogP contribution in [0.5, 0.6) is 0 Å². The minimum Gasteiger partial charge on any atom is -0.459 e. The van der Waals surface area contributed by atoms with E-state index in [-0.39, 0.29) is 18.3 Å². The number of hydrogen-bond acceptors (Lipinski definition) is 5. The number of benzene rings is 1. The van der Waals surface area contributed by atoms with E-state index in [2.05, 4.69) is 10.6 Å². The third-order valence-corrected chi connectivity index (χ3v) is 4.06. The Hall–Kier alpha value is -2.51. The molecule has 0 bridgehead atoms. The lowest BCUT2D eigenvalue weighted by Crippen LogP contribution is -2.34. The lowest BCUT2D eigenvalue weighted by atomic mass is 10.1. The molecule has 1 unspecified atom stereocenters. The molecule has 0 saturated carbocycles. The fourth-order valence-corrected chi connectivity index (χ4v) is 2.30. The molecule has 9 heteroatoms. The first kappa shape index (κ1) is 19.8. The molecule has 1 heterocycles. The number of amides is 2. The minimum absolute atomic E-state index is 0.0750. The zero-order chi connectivity index (χ0) is 19.1. The van der Waals surface area contributed by atoms with Gasteiger partial charge in [-0.1, -0.05) is 29.3 Å². The first-order chi connectivity index (χ1) is 12.4. The van der Waals surface area contributed by atoms with Gasteiger partial charge in [-0.05, 0) is 36.8 Å². The molecule has 1 aromatic carbocycles. The van der Waals surface area contributed by atoms with Crippen molar-refractivity contribution in [1.82, 2.24) is 10.6 Å². The zero-order valence-electron chi connectivity index (χ0n) is 13.8. The van der Waals surface area contributed by atoms with Crippen LogP contribution in [-0.2, 0) is 14.3 Å². The normalized spacial score (nSPS) is 11.5. The van der Waals surface area contributed by atoms with Gasteiger partial charge >= 0.3 is 5.97 Å². The van der Waals surface area contributed by atoms with Crippen LogP contribution in [0.4, 0.5) is 0 Å². The van der Waals surface area contributed by atoms with Gasteiger partial charge in [0.25, 0.3) is 11.8 Å². The number of halogens is 2. The van der Waals surface area contributed by atoms with E-state index in [4.69, 9.17) is 32.4 Å². The summed E-state index contributed by atoms with van der Waals surface area (Å²) in [5, 5.41) is 5.78. The fourth-order valence-electron chi connectivity index (χ4n) is 1.99. The number of furan rings is 1. The van der Waals surface area contributed by atoms with E-state index in [1.807, 2.05) is 0 Å². The molecule has 0 saturated heterocycles. The van der Waals surface area contributed by atoms with E-state index >= 15 is 0 Å². The van der Waals surface area contributed by atoms with Gasteiger partial charge in [-0.3, -0.25) is 14.4 Å². The van der Waals surface area contributed by atoms with Crippen LogP contribution in [0, 0.1) is 0 Å². The lowest BCUT2D eigenvalue weighted by molar-refractivity contribution is -0.147. The van der Waals surface area contributed by atoms with Crippen LogP contribution in [0.15, 0.2) is 41.0 Å². The molecule has 7 nitrogen and oxygen atoms in total. The first-order valence-corrected chi connectivity index (χ1v) is 8.34. The molecule has 0 spiro atoms. The SMILES string of the molecule is CC(NC(=O)COC(=O)CNC(=O)c1ccco1)c1ccc(Cl)c(Cl)c1. The van der Waals surface area contributed by atoms with Crippen LogP contribution in [0.1, 0.15) is 29.1 Å². The van der Waals surface area contributed by atoms with Gasteiger partial charge in [-0.15, -0.1) is 0 Å². The van der Waals surface area contributed by atoms with Crippen LogP contribution < -0.4 is 10.6 Å². The highest BCUT2D eigenvalue weighted by atomic mass is 35.5. The molecule has 2 N–H and O–H groups in total. The van der Waals surface area contributed by atoms with Crippen molar-refractivity contribution < 1.29 is 23.5 Å². The molecule has 138 valence electrons. The third-order valence-electron chi connectivity index (χ3n) is 3.32. The van der Waals surface area contributed by atoms with Gasteiger partial charge in [0.15, 0.2) is 12.4 Å². The topological polar surface area (TPSA) is 97.6 Å². The average molecular weight is 399 g/mol. The molecule has 2 amide bonds. The minimum atomic E-state index is -0.748. The van der Waals surface area contributed by atoms with Crippen LogP contribution >= 0.6 is 23.2 Å². The standard InChI is InChI=1S/C17H16Cl2N2O5/c1-10(11-4-5-12(18)13(19)7-11)21-15(22)9-26-16(23)8-20-17(24)14-3-2-6-25-14/h2-7,10H,8-9H2,1H3,(H,20,24)(H,21,22). The highest BCUT2D eigenvalue weighted by Gasteiger charge is 2.14. The van der Waals surface area contributed by atoms with E-state index in [1.54, 1.807) is 31.2 Å².